The Kier molecular flexibility index (Phi) is 5.67. The molecular weight excluding hydrogens is 519 g/mol. The molecule has 0 saturated heterocycles. The summed E-state index contributed by atoms with van der Waals surface area (Å²) in [6.45, 7) is 0.758. The molecule has 2 aromatic carbocycles. The van der Waals surface area contributed by atoms with Crippen LogP contribution in [0, 0.1) is 6.92 Å². The first-order valence-electron chi connectivity index (χ1n) is 11.4. The van der Waals surface area contributed by atoms with Crippen molar-refractivity contribution in [2.45, 2.75) is 19.6 Å². The first kappa shape index (κ1) is 23.8. The lowest BCUT2D eigenvalue weighted by molar-refractivity contribution is -0.115. The molecule has 14 heteroatoms. The zero-order valence-corrected chi connectivity index (χ0v) is 20.5. The highest BCUT2D eigenvalue weighted by atomic mass is 32.1. The fourth-order valence-electron chi connectivity index (χ4n) is 4.16. The number of alkyl halides is 3. The standard InChI is InChI=1S/C24H18F3N9OS/c1-13-32-18-7-6-17(8-19(18)38-13)35-10-15-9-28-22(29-11-24(25,26)27)33-21(15)36(23(35)37)16-4-2-14(3-5-16)20-30-12-31-34-20/h2-9,12H,10-11H2,1H3,(H,28,29,33)(H,30,31,34). The zero-order valence-electron chi connectivity index (χ0n) is 19.7. The van der Waals surface area contributed by atoms with E-state index in [4.69, 9.17) is 0 Å². The van der Waals surface area contributed by atoms with Crippen LogP contribution < -0.4 is 15.1 Å². The van der Waals surface area contributed by atoms with Gasteiger partial charge in [-0.05, 0) is 49.4 Å². The average molecular weight is 538 g/mol. The summed E-state index contributed by atoms with van der Waals surface area (Å²) in [7, 11) is 0. The zero-order chi connectivity index (χ0) is 26.4. The van der Waals surface area contributed by atoms with Crippen LogP contribution in [0.15, 0.2) is 55.0 Å². The molecule has 0 fully saturated rings. The second kappa shape index (κ2) is 9.06. The minimum absolute atomic E-state index is 0.143. The fraction of sp³-hybridized carbons (Fsp3) is 0.167. The van der Waals surface area contributed by atoms with Crippen molar-refractivity contribution in [1.29, 1.82) is 0 Å². The van der Waals surface area contributed by atoms with Crippen molar-refractivity contribution in [2.75, 3.05) is 21.7 Å². The molecule has 0 aliphatic carbocycles. The van der Waals surface area contributed by atoms with Crippen molar-refractivity contribution in [3.63, 3.8) is 0 Å². The van der Waals surface area contributed by atoms with Gasteiger partial charge in [0.15, 0.2) is 11.6 Å². The SMILES string of the molecule is Cc1nc2ccc(N3Cc4cnc(NCC(F)(F)F)nc4N(c4ccc(-c5ncn[nH]5)cc4)C3=O)cc2s1. The number of aromatic amines is 1. The molecule has 5 aromatic rings. The number of fused-ring (bicyclic) bond motifs is 2. The molecular formula is C24H18F3N9OS. The van der Waals surface area contributed by atoms with Crippen molar-refractivity contribution in [1.82, 2.24) is 30.1 Å². The van der Waals surface area contributed by atoms with Crippen LogP contribution >= 0.6 is 11.3 Å². The molecule has 2 N–H and O–H groups in total. The Balaban J connectivity index is 1.41. The van der Waals surface area contributed by atoms with E-state index in [9.17, 15) is 18.0 Å². The summed E-state index contributed by atoms with van der Waals surface area (Å²) < 4.78 is 39.3. The van der Waals surface area contributed by atoms with Crippen molar-refractivity contribution < 1.29 is 18.0 Å². The van der Waals surface area contributed by atoms with Crippen LogP contribution in [0.1, 0.15) is 10.6 Å². The lowest BCUT2D eigenvalue weighted by Gasteiger charge is -2.36. The second-order valence-electron chi connectivity index (χ2n) is 8.48. The Morgan fingerprint density at radius 1 is 1.08 bits per heavy atom. The molecule has 0 spiro atoms. The van der Waals surface area contributed by atoms with Crippen molar-refractivity contribution in [3.8, 4) is 11.4 Å². The van der Waals surface area contributed by atoms with E-state index in [1.807, 2.05) is 25.1 Å². The van der Waals surface area contributed by atoms with Crippen LogP contribution in [-0.4, -0.2) is 48.9 Å². The minimum atomic E-state index is -4.45. The van der Waals surface area contributed by atoms with Gasteiger partial charge in [-0.3, -0.25) is 10.00 Å². The average Bonchev–Trinajstić information content (AvgIpc) is 3.56. The van der Waals surface area contributed by atoms with Crippen LogP contribution in [0.3, 0.4) is 0 Å². The van der Waals surface area contributed by atoms with Crippen molar-refractivity contribution in [3.05, 3.63) is 65.6 Å². The number of carbonyl (C=O) groups is 1. The predicted octanol–water partition coefficient (Wildman–Crippen LogP) is 5.43. The van der Waals surface area contributed by atoms with Crippen LogP contribution in [0.4, 0.5) is 41.1 Å². The third-order valence-corrected chi connectivity index (χ3v) is 6.79. The van der Waals surface area contributed by atoms with E-state index in [1.165, 1.54) is 28.8 Å². The van der Waals surface area contributed by atoms with Gasteiger partial charge in [0.05, 0.1) is 27.5 Å². The Morgan fingerprint density at radius 3 is 2.61 bits per heavy atom. The number of benzene rings is 2. The number of carbonyl (C=O) groups excluding carboxylic acids is 1. The second-order valence-corrected chi connectivity index (χ2v) is 9.72. The molecule has 0 atom stereocenters. The first-order chi connectivity index (χ1) is 18.2. The number of aryl methyl sites for hydroxylation is 1. The monoisotopic (exact) mass is 537 g/mol. The summed E-state index contributed by atoms with van der Waals surface area (Å²) in [4.78, 5) is 33.8. The first-order valence-corrected chi connectivity index (χ1v) is 12.2. The highest BCUT2D eigenvalue weighted by Gasteiger charge is 2.35. The van der Waals surface area contributed by atoms with Gasteiger partial charge in [-0.1, -0.05) is 0 Å². The number of nitrogens with one attached hydrogen (secondary N) is 2. The number of H-pyrrole nitrogens is 1. The molecule has 0 saturated carbocycles. The van der Waals surface area contributed by atoms with Gasteiger partial charge >= 0.3 is 12.2 Å². The Bertz CT molecular complexity index is 1630. The number of anilines is 4. The molecule has 0 radical (unpaired) electrons. The van der Waals surface area contributed by atoms with Gasteiger partial charge in [0, 0.05) is 23.0 Å². The Morgan fingerprint density at radius 2 is 1.87 bits per heavy atom. The van der Waals surface area contributed by atoms with Gasteiger partial charge in [0.25, 0.3) is 0 Å². The van der Waals surface area contributed by atoms with E-state index in [1.54, 1.807) is 29.2 Å². The third kappa shape index (κ3) is 4.49. The molecule has 192 valence electrons. The molecule has 4 heterocycles. The largest absolute Gasteiger partial charge is 0.405 e. The van der Waals surface area contributed by atoms with E-state index in [-0.39, 0.29) is 18.3 Å². The molecule has 6 rings (SSSR count). The summed E-state index contributed by atoms with van der Waals surface area (Å²) in [6.07, 6.45) is -1.62. The van der Waals surface area contributed by atoms with Gasteiger partial charge in [0.1, 0.15) is 12.9 Å². The van der Waals surface area contributed by atoms with Crippen LogP contribution in [0.2, 0.25) is 0 Å². The van der Waals surface area contributed by atoms with Gasteiger partial charge in [-0.15, -0.1) is 11.3 Å². The lowest BCUT2D eigenvalue weighted by Crippen LogP contribution is -2.45. The molecule has 10 nitrogen and oxygen atoms in total. The highest BCUT2D eigenvalue weighted by molar-refractivity contribution is 7.18. The topological polar surface area (TPSA) is 116 Å². The van der Waals surface area contributed by atoms with Crippen LogP contribution in [0.5, 0.6) is 0 Å². The highest BCUT2D eigenvalue weighted by Crippen LogP contribution is 2.38. The number of hydrogen-bond acceptors (Lipinski definition) is 8. The Hall–Kier alpha value is -4.59. The maximum absolute atomic E-state index is 13.9. The number of aromatic nitrogens is 6. The van der Waals surface area contributed by atoms with Crippen molar-refractivity contribution in [2.24, 2.45) is 0 Å². The number of halogens is 3. The van der Waals surface area contributed by atoms with Crippen LogP contribution in [0.25, 0.3) is 21.6 Å². The lowest BCUT2D eigenvalue weighted by atomic mass is 10.1. The number of hydrogen-bond donors (Lipinski definition) is 2. The fourth-order valence-corrected chi connectivity index (χ4v) is 5.02. The predicted molar refractivity (Wildman–Crippen MR) is 136 cm³/mol. The molecule has 0 unspecified atom stereocenters. The quantitative estimate of drug-likeness (QED) is 0.307. The van der Waals surface area contributed by atoms with Gasteiger partial charge in [-0.25, -0.2) is 24.6 Å². The maximum atomic E-state index is 13.9. The number of amides is 2. The molecule has 1 aliphatic rings. The summed E-state index contributed by atoms with van der Waals surface area (Å²) in [5, 5.41) is 9.73. The summed E-state index contributed by atoms with van der Waals surface area (Å²) >= 11 is 1.52. The summed E-state index contributed by atoms with van der Waals surface area (Å²) in [6, 6.07) is 12.1. The number of nitrogens with zero attached hydrogens (tertiary/aromatic N) is 7. The smallest absolute Gasteiger partial charge is 0.345 e. The molecule has 3 aromatic heterocycles. The van der Waals surface area contributed by atoms with Gasteiger partial charge in [-0.2, -0.15) is 23.3 Å². The van der Waals surface area contributed by atoms with Gasteiger partial charge in [0.2, 0.25) is 5.95 Å². The number of rotatable bonds is 5. The normalized spacial score (nSPS) is 13.7. The molecule has 38 heavy (non-hydrogen) atoms. The van der Waals surface area contributed by atoms with Crippen molar-refractivity contribution >= 4 is 50.7 Å². The summed E-state index contributed by atoms with van der Waals surface area (Å²) in [5.74, 6) is 0.526. The molecule has 1 aliphatic heterocycles. The van der Waals surface area contributed by atoms with E-state index in [0.717, 1.165) is 20.8 Å². The van der Waals surface area contributed by atoms with Crippen LogP contribution in [-0.2, 0) is 6.54 Å². The molecule has 0 bridgehead atoms. The van der Waals surface area contributed by atoms with E-state index in [2.05, 4.69) is 35.5 Å². The number of thiazole rings is 1. The third-order valence-electron chi connectivity index (χ3n) is 5.86. The Labute approximate surface area is 217 Å². The van der Waals surface area contributed by atoms with Gasteiger partial charge < -0.3 is 5.32 Å². The minimum Gasteiger partial charge on any atom is -0.345 e. The maximum Gasteiger partial charge on any atom is 0.405 e. The number of urea groups is 1. The summed E-state index contributed by atoms with van der Waals surface area (Å²) in [5.41, 5.74) is 3.28. The van der Waals surface area contributed by atoms with E-state index in [0.29, 0.717) is 22.8 Å². The van der Waals surface area contributed by atoms with E-state index >= 15 is 0 Å². The molecule has 2 amide bonds. The van der Waals surface area contributed by atoms with E-state index < -0.39 is 18.8 Å².